The van der Waals surface area contributed by atoms with Crippen LogP contribution in [-0.4, -0.2) is 32.8 Å². The van der Waals surface area contributed by atoms with Crippen molar-refractivity contribution >= 4 is 21.6 Å². The van der Waals surface area contributed by atoms with E-state index in [1.807, 2.05) is 20.0 Å². The van der Waals surface area contributed by atoms with Gasteiger partial charge in [-0.1, -0.05) is 24.3 Å². The van der Waals surface area contributed by atoms with Crippen molar-refractivity contribution in [1.29, 1.82) is 0 Å². The summed E-state index contributed by atoms with van der Waals surface area (Å²) < 4.78 is 23.4. The van der Waals surface area contributed by atoms with Gasteiger partial charge in [0, 0.05) is 11.7 Å². The van der Waals surface area contributed by atoms with Gasteiger partial charge in [-0.15, -0.1) is 0 Å². The molecular formula is C21H27N3O3S. The van der Waals surface area contributed by atoms with E-state index in [1.165, 1.54) is 23.3 Å². The lowest BCUT2D eigenvalue weighted by Gasteiger charge is -2.33. The number of rotatable bonds is 5. The minimum atomic E-state index is -3.84. The van der Waals surface area contributed by atoms with Gasteiger partial charge in [0.25, 0.3) is 0 Å². The standard InChI is InChI=1S/C21H27N3O3S/c1-14-11-17(28(22,26)27)12-19(15(14)2)23-21(25)13-24(3)20-10-6-8-16-7-4-5-9-18(16)20/h4-5,7,9,11-12,20H,6,8,10,13H2,1-3H3,(H,23,25)(H2,22,26,27). The molecule has 6 nitrogen and oxygen atoms in total. The van der Waals surface area contributed by atoms with Crippen LogP contribution in [0.2, 0.25) is 0 Å². The summed E-state index contributed by atoms with van der Waals surface area (Å²) in [6, 6.07) is 11.5. The van der Waals surface area contributed by atoms with Crippen LogP contribution in [0.3, 0.4) is 0 Å². The predicted octanol–water partition coefficient (Wildman–Crippen LogP) is 2.90. The number of amides is 1. The lowest BCUT2D eigenvalue weighted by molar-refractivity contribution is -0.117. The molecule has 0 fully saturated rings. The number of benzene rings is 2. The van der Waals surface area contributed by atoms with Crippen molar-refractivity contribution in [2.75, 3.05) is 18.9 Å². The van der Waals surface area contributed by atoms with E-state index in [2.05, 4.69) is 28.4 Å². The molecule has 1 atom stereocenters. The summed E-state index contributed by atoms with van der Waals surface area (Å²) in [5.41, 5.74) is 4.69. The number of fused-ring (bicyclic) bond motifs is 1. The summed E-state index contributed by atoms with van der Waals surface area (Å²) in [6.45, 7) is 3.86. The maximum atomic E-state index is 12.7. The van der Waals surface area contributed by atoms with Gasteiger partial charge in [0.1, 0.15) is 0 Å². The fourth-order valence-electron chi connectivity index (χ4n) is 3.83. The molecule has 0 saturated heterocycles. The lowest BCUT2D eigenvalue weighted by Crippen LogP contribution is -2.35. The molecule has 28 heavy (non-hydrogen) atoms. The van der Waals surface area contributed by atoms with E-state index in [4.69, 9.17) is 5.14 Å². The fraction of sp³-hybridized carbons (Fsp3) is 0.381. The van der Waals surface area contributed by atoms with Gasteiger partial charge in [0.15, 0.2) is 0 Å². The number of anilines is 1. The number of nitrogens with two attached hydrogens (primary N) is 1. The Bertz CT molecular complexity index is 1000. The first-order valence-corrected chi connectivity index (χ1v) is 10.9. The van der Waals surface area contributed by atoms with Crippen LogP contribution < -0.4 is 10.5 Å². The highest BCUT2D eigenvalue weighted by Gasteiger charge is 2.25. The summed E-state index contributed by atoms with van der Waals surface area (Å²) in [6.07, 6.45) is 3.19. The van der Waals surface area contributed by atoms with E-state index in [1.54, 1.807) is 6.92 Å². The molecule has 0 aliphatic heterocycles. The van der Waals surface area contributed by atoms with E-state index < -0.39 is 10.0 Å². The molecule has 3 rings (SSSR count). The van der Waals surface area contributed by atoms with Gasteiger partial charge in [-0.2, -0.15) is 0 Å². The van der Waals surface area contributed by atoms with Crippen LogP contribution in [0.4, 0.5) is 5.69 Å². The molecule has 0 saturated carbocycles. The van der Waals surface area contributed by atoms with Gasteiger partial charge >= 0.3 is 0 Å². The molecule has 0 heterocycles. The molecule has 2 aromatic rings. The highest BCUT2D eigenvalue weighted by molar-refractivity contribution is 7.89. The molecule has 1 unspecified atom stereocenters. The molecule has 0 bridgehead atoms. The number of carbonyl (C=O) groups is 1. The third-order valence-electron chi connectivity index (χ3n) is 5.51. The van der Waals surface area contributed by atoms with Crippen molar-refractivity contribution in [3.05, 3.63) is 58.7 Å². The molecule has 0 spiro atoms. The third kappa shape index (κ3) is 4.43. The van der Waals surface area contributed by atoms with Crippen molar-refractivity contribution in [3.8, 4) is 0 Å². The Morgan fingerprint density at radius 1 is 1.25 bits per heavy atom. The number of sulfonamides is 1. The third-order valence-corrected chi connectivity index (χ3v) is 6.40. The van der Waals surface area contributed by atoms with Gasteiger partial charge in [0.2, 0.25) is 15.9 Å². The van der Waals surface area contributed by atoms with Crippen molar-refractivity contribution in [1.82, 2.24) is 4.90 Å². The van der Waals surface area contributed by atoms with Gasteiger partial charge < -0.3 is 5.32 Å². The zero-order valence-corrected chi connectivity index (χ0v) is 17.3. The Kier molecular flexibility index (Phi) is 5.88. The molecule has 1 amide bonds. The summed E-state index contributed by atoms with van der Waals surface area (Å²) in [7, 11) is -1.89. The lowest BCUT2D eigenvalue weighted by atomic mass is 9.87. The number of nitrogens with one attached hydrogen (secondary N) is 1. The second kappa shape index (κ2) is 8.03. The number of aryl methyl sites for hydroxylation is 2. The minimum Gasteiger partial charge on any atom is -0.325 e. The van der Waals surface area contributed by atoms with E-state index in [0.717, 1.165) is 30.4 Å². The normalized spacial score (nSPS) is 16.7. The van der Waals surface area contributed by atoms with Crippen LogP contribution in [0.5, 0.6) is 0 Å². The average molecular weight is 402 g/mol. The number of primary sulfonamides is 1. The van der Waals surface area contributed by atoms with Crippen LogP contribution in [-0.2, 0) is 21.2 Å². The van der Waals surface area contributed by atoms with E-state index in [0.29, 0.717) is 5.69 Å². The van der Waals surface area contributed by atoms with Gasteiger partial charge in [-0.25, -0.2) is 13.6 Å². The first-order chi connectivity index (χ1) is 13.2. The quantitative estimate of drug-likeness (QED) is 0.806. The SMILES string of the molecule is Cc1cc(S(N)(=O)=O)cc(NC(=O)CN(C)C2CCCc3ccccc32)c1C. The number of carbonyl (C=O) groups excluding carboxylic acids is 1. The number of likely N-dealkylation sites (N-methyl/N-ethyl adjacent to an activating group) is 1. The molecule has 0 aromatic heterocycles. The highest BCUT2D eigenvalue weighted by Crippen LogP contribution is 2.33. The van der Waals surface area contributed by atoms with Gasteiger partial charge in [0.05, 0.1) is 11.4 Å². The van der Waals surface area contributed by atoms with E-state index in [9.17, 15) is 13.2 Å². The minimum absolute atomic E-state index is 0.000428. The summed E-state index contributed by atoms with van der Waals surface area (Å²) >= 11 is 0. The van der Waals surface area contributed by atoms with Crippen molar-refractivity contribution in [2.45, 2.75) is 44.0 Å². The zero-order valence-electron chi connectivity index (χ0n) is 16.5. The summed E-state index contributed by atoms with van der Waals surface area (Å²) in [5.74, 6) is -0.181. The van der Waals surface area contributed by atoms with Crippen LogP contribution in [0.25, 0.3) is 0 Å². The molecule has 7 heteroatoms. The van der Waals surface area contributed by atoms with E-state index in [-0.39, 0.29) is 23.4 Å². The van der Waals surface area contributed by atoms with Crippen LogP contribution in [0.15, 0.2) is 41.3 Å². The Hall–Kier alpha value is -2.22. The van der Waals surface area contributed by atoms with Crippen LogP contribution in [0, 0.1) is 13.8 Å². The van der Waals surface area contributed by atoms with Gasteiger partial charge in [-0.3, -0.25) is 9.69 Å². The Morgan fingerprint density at radius 2 is 1.96 bits per heavy atom. The van der Waals surface area contributed by atoms with Crippen molar-refractivity contribution in [3.63, 3.8) is 0 Å². The second-order valence-corrected chi connectivity index (χ2v) is 9.09. The second-order valence-electron chi connectivity index (χ2n) is 7.53. The molecule has 1 aliphatic rings. The summed E-state index contributed by atoms with van der Waals surface area (Å²) in [4.78, 5) is 14.7. The molecule has 1 aliphatic carbocycles. The zero-order chi connectivity index (χ0) is 20.5. The summed E-state index contributed by atoms with van der Waals surface area (Å²) in [5, 5.41) is 8.11. The van der Waals surface area contributed by atoms with Crippen molar-refractivity contribution in [2.24, 2.45) is 5.14 Å². The maximum absolute atomic E-state index is 12.7. The van der Waals surface area contributed by atoms with Crippen molar-refractivity contribution < 1.29 is 13.2 Å². The largest absolute Gasteiger partial charge is 0.325 e. The first kappa shape index (κ1) is 20.5. The molecule has 2 aromatic carbocycles. The topological polar surface area (TPSA) is 92.5 Å². The fourth-order valence-corrected chi connectivity index (χ4v) is 4.46. The highest BCUT2D eigenvalue weighted by atomic mass is 32.2. The van der Waals surface area contributed by atoms with Crippen LogP contribution >= 0.6 is 0 Å². The first-order valence-electron chi connectivity index (χ1n) is 9.39. The number of hydrogen-bond donors (Lipinski definition) is 2. The molecule has 3 N–H and O–H groups in total. The van der Waals surface area contributed by atoms with E-state index >= 15 is 0 Å². The Balaban J connectivity index is 1.76. The van der Waals surface area contributed by atoms with Gasteiger partial charge in [-0.05, 0) is 74.5 Å². The Labute approximate surface area is 166 Å². The Morgan fingerprint density at radius 3 is 2.68 bits per heavy atom. The smallest absolute Gasteiger partial charge is 0.238 e. The number of hydrogen-bond acceptors (Lipinski definition) is 4. The monoisotopic (exact) mass is 401 g/mol. The molecule has 150 valence electrons. The molecule has 0 radical (unpaired) electrons. The number of nitrogens with zero attached hydrogens (tertiary/aromatic N) is 1. The van der Waals surface area contributed by atoms with Crippen LogP contribution in [0.1, 0.15) is 41.1 Å². The molecular weight excluding hydrogens is 374 g/mol. The predicted molar refractivity (Wildman–Crippen MR) is 111 cm³/mol. The maximum Gasteiger partial charge on any atom is 0.238 e. The average Bonchev–Trinajstić information content (AvgIpc) is 2.63.